The summed E-state index contributed by atoms with van der Waals surface area (Å²) in [5.41, 5.74) is -2.19. The largest absolute Gasteiger partial charge is 0.573 e. The van der Waals surface area contributed by atoms with Crippen LogP contribution in [0.15, 0.2) is 60.9 Å². The Balaban J connectivity index is 2.25. The molecule has 0 amide bonds. The predicted molar refractivity (Wildman–Crippen MR) is 95.1 cm³/mol. The SMILES string of the molecule is O=[N+]([O-])c1c(-c2ccccc2OC(F)(F)F)cncc1-c1ccccc1OC(F)(F)F. The Bertz CT molecular complexity index is 1040. The van der Waals surface area contributed by atoms with Gasteiger partial charge in [0.15, 0.2) is 0 Å². The summed E-state index contributed by atoms with van der Waals surface area (Å²) >= 11 is 0. The van der Waals surface area contributed by atoms with Crippen molar-refractivity contribution < 1.29 is 40.7 Å². The second-order valence-electron chi connectivity index (χ2n) is 5.93. The highest BCUT2D eigenvalue weighted by Crippen LogP contribution is 2.44. The topological polar surface area (TPSA) is 74.5 Å². The average molecular weight is 444 g/mol. The van der Waals surface area contributed by atoms with Crippen LogP contribution in [-0.4, -0.2) is 22.6 Å². The maximum Gasteiger partial charge on any atom is 0.573 e. The first-order valence-electron chi connectivity index (χ1n) is 8.29. The maximum absolute atomic E-state index is 12.8. The van der Waals surface area contributed by atoms with E-state index >= 15 is 0 Å². The molecule has 0 aliphatic carbocycles. The minimum absolute atomic E-state index is 0.324. The Labute approximate surface area is 169 Å². The highest BCUT2D eigenvalue weighted by atomic mass is 19.4. The van der Waals surface area contributed by atoms with Crippen molar-refractivity contribution in [1.29, 1.82) is 0 Å². The second-order valence-corrected chi connectivity index (χ2v) is 5.93. The molecule has 162 valence electrons. The molecule has 0 radical (unpaired) electrons. The summed E-state index contributed by atoms with van der Waals surface area (Å²) in [7, 11) is 0. The average Bonchev–Trinajstić information content (AvgIpc) is 2.66. The number of pyridine rings is 1. The molecule has 0 saturated heterocycles. The van der Waals surface area contributed by atoms with E-state index in [1.54, 1.807) is 0 Å². The fourth-order valence-corrected chi connectivity index (χ4v) is 2.85. The third-order valence-electron chi connectivity index (χ3n) is 3.91. The molecular weight excluding hydrogens is 434 g/mol. The predicted octanol–water partition coefficient (Wildman–Crippen LogP) is 6.12. The molecule has 0 saturated carbocycles. The molecule has 2 aromatic carbocycles. The van der Waals surface area contributed by atoms with Crippen molar-refractivity contribution in [3.8, 4) is 33.8 Å². The number of alkyl halides is 6. The Kier molecular flexibility index (Phi) is 5.73. The number of rotatable bonds is 5. The summed E-state index contributed by atoms with van der Waals surface area (Å²) < 4.78 is 84.4. The summed E-state index contributed by atoms with van der Waals surface area (Å²) in [6.07, 6.45) is -8.31. The van der Waals surface area contributed by atoms with Crippen molar-refractivity contribution in [3.63, 3.8) is 0 Å². The summed E-state index contributed by atoms with van der Waals surface area (Å²) in [5, 5.41) is 11.8. The Morgan fingerprint density at radius 3 is 1.45 bits per heavy atom. The Hall–Kier alpha value is -3.83. The number of nitro groups is 1. The molecule has 0 aliphatic rings. The van der Waals surface area contributed by atoms with Gasteiger partial charge in [0.2, 0.25) is 0 Å². The molecule has 0 bridgehead atoms. The first kappa shape index (κ1) is 21.9. The van der Waals surface area contributed by atoms with E-state index in [-0.39, 0.29) is 22.3 Å². The Morgan fingerprint density at radius 2 is 1.10 bits per heavy atom. The fraction of sp³-hybridized carbons (Fsp3) is 0.105. The zero-order valence-corrected chi connectivity index (χ0v) is 15.1. The van der Waals surface area contributed by atoms with Gasteiger partial charge in [-0.2, -0.15) is 0 Å². The van der Waals surface area contributed by atoms with Crippen LogP contribution in [0.5, 0.6) is 11.5 Å². The normalized spacial score (nSPS) is 11.8. The van der Waals surface area contributed by atoms with Gasteiger partial charge in [-0.25, -0.2) is 0 Å². The first-order chi connectivity index (χ1) is 14.5. The van der Waals surface area contributed by atoms with E-state index < -0.39 is 34.8 Å². The highest BCUT2D eigenvalue weighted by Gasteiger charge is 2.35. The summed E-state index contributed by atoms with van der Waals surface area (Å²) in [4.78, 5) is 14.7. The maximum atomic E-state index is 12.8. The van der Waals surface area contributed by atoms with Crippen LogP contribution in [0.4, 0.5) is 32.0 Å². The standard InChI is InChI=1S/C19H10F6N2O4/c20-18(21,22)30-15-7-3-1-5-11(15)13-9-26-10-14(17(13)27(28)29)12-6-2-4-8-16(12)31-19(23,24)25/h1-10H. The third-order valence-corrected chi connectivity index (χ3v) is 3.91. The van der Waals surface area contributed by atoms with Crippen molar-refractivity contribution in [3.05, 3.63) is 71.0 Å². The van der Waals surface area contributed by atoms with Crippen LogP contribution in [-0.2, 0) is 0 Å². The van der Waals surface area contributed by atoms with E-state index in [1.807, 2.05) is 0 Å². The van der Waals surface area contributed by atoms with Crippen molar-refractivity contribution in [2.45, 2.75) is 12.7 Å². The van der Waals surface area contributed by atoms with E-state index in [4.69, 9.17) is 0 Å². The number of ether oxygens (including phenoxy) is 2. The molecule has 0 unspecified atom stereocenters. The van der Waals surface area contributed by atoms with Gasteiger partial charge in [0, 0.05) is 23.5 Å². The molecule has 0 spiro atoms. The van der Waals surface area contributed by atoms with Crippen LogP contribution in [0.25, 0.3) is 22.3 Å². The molecule has 1 aromatic heterocycles. The lowest BCUT2D eigenvalue weighted by Crippen LogP contribution is -2.18. The van der Waals surface area contributed by atoms with Crippen LogP contribution in [0.2, 0.25) is 0 Å². The Morgan fingerprint density at radius 1 is 0.710 bits per heavy atom. The molecule has 0 atom stereocenters. The fourth-order valence-electron chi connectivity index (χ4n) is 2.85. The molecule has 0 fully saturated rings. The van der Waals surface area contributed by atoms with Gasteiger partial charge in [-0.1, -0.05) is 36.4 Å². The minimum atomic E-state index is -5.08. The quantitative estimate of drug-likeness (QED) is 0.269. The lowest BCUT2D eigenvalue weighted by molar-refractivity contribution is -0.383. The van der Waals surface area contributed by atoms with Crippen LogP contribution in [0, 0.1) is 10.1 Å². The van der Waals surface area contributed by atoms with Crippen LogP contribution in [0.1, 0.15) is 0 Å². The lowest BCUT2D eigenvalue weighted by Gasteiger charge is -2.16. The van der Waals surface area contributed by atoms with E-state index in [2.05, 4.69) is 14.5 Å². The van der Waals surface area contributed by atoms with Gasteiger partial charge in [0.1, 0.15) is 11.5 Å². The van der Waals surface area contributed by atoms with E-state index in [0.717, 1.165) is 36.7 Å². The number of hydrogen-bond acceptors (Lipinski definition) is 5. The molecule has 3 rings (SSSR count). The second kappa shape index (κ2) is 8.13. The number of aromatic nitrogens is 1. The number of halogens is 6. The summed E-state index contributed by atoms with van der Waals surface area (Å²) in [5.74, 6) is -1.48. The number of nitrogens with zero attached hydrogens (tertiary/aromatic N) is 2. The number of para-hydroxylation sites is 2. The van der Waals surface area contributed by atoms with Gasteiger partial charge in [0.05, 0.1) is 16.1 Å². The van der Waals surface area contributed by atoms with Crippen molar-refractivity contribution in [2.24, 2.45) is 0 Å². The van der Waals surface area contributed by atoms with Crippen LogP contribution in [0.3, 0.4) is 0 Å². The smallest absolute Gasteiger partial charge is 0.405 e. The van der Waals surface area contributed by atoms with E-state index in [0.29, 0.717) is 0 Å². The highest BCUT2D eigenvalue weighted by molar-refractivity contribution is 5.88. The molecule has 31 heavy (non-hydrogen) atoms. The van der Waals surface area contributed by atoms with E-state index in [9.17, 15) is 36.5 Å². The zero-order chi connectivity index (χ0) is 22.8. The zero-order valence-electron chi connectivity index (χ0n) is 15.1. The van der Waals surface area contributed by atoms with E-state index in [1.165, 1.54) is 24.3 Å². The van der Waals surface area contributed by atoms with Gasteiger partial charge in [-0.15, -0.1) is 26.3 Å². The van der Waals surface area contributed by atoms with Crippen LogP contribution < -0.4 is 9.47 Å². The van der Waals surface area contributed by atoms with Gasteiger partial charge < -0.3 is 9.47 Å². The number of hydrogen-bond donors (Lipinski definition) is 0. The molecule has 0 aliphatic heterocycles. The monoisotopic (exact) mass is 444 g/mol. The summed E-state index contributed by atoms with van der Waals surface area (Å²) in [6.45, 7) is 0. The number of benzene rings is 2. The van der Waals surface area contributed by atoms with Crippen molar-refractivity contribution in [1.82, 2.24) is 4.98 Å². The van der Waals surface area contributed by atoms with Crippen molar-refractivity contribution >= 4 is 5.69 Å². The molecule has 6 nitrogen and oxygen atoms in total. The molecule has 3 aromatic rings. The first-order valence-corrected chi connectivity index (χ1v) is 8.29. The molecule has 0 N–H and O–H groups in total. The van der Waals surface area contributed by atoms with Gasteiger partial charge >= 0.3 is 12.7 Å². The summed E-state index contributed by atoms with van der Waals surface area (Å²) in [6, 6.07) is 9.23. The minimum Gasteiger partial charge on any atom is -0.405 e. The van der Waals surface area contributed by atoms with Gasteiger partial charge in [-0.05, 0) is 12.1 Å². The molecule has 12 heteroatoms. The lowest BCUT2D eigenvalue weighted by atomic mass is 9.98. The third kappa shape index (κ3) is 5.21. The molecular formula is C19H10F6N2O4. The molecule has 1 heterocycles. The van der Waals surface area contributed by atoms with Gasteiger partial charge in [0.25, 0.3) is 5.69 Å². The van der Waals surface area contributed by atoms with Crippen molar-refractivity contribution in [2.75, 3.05) is 0 Å². The van der Waals surface area contributed by atoms with Gasteiger partial charge in [-0.3, -0.25) is 15.1 Å². The van der Waals surface area contributed by atoms with Crippen LogP contribution >= 0.6 is 0 Å².